The standard InChI is InChI=1S/C36H38N6O2/c1-23(2)29-15-13-25(5)17-35(29)43-21-27-19-41(39-37-27)33-11-7-10-32-31(33)9-8-12-34(32)42-20-28(38-40-42)22-44-36-18-26(6)14-16-30(36)24(3)4/h7-20,23-24H,21-22H2,1-6H3. The van der Waals surface area contributed by atoms with E-state index < -0.39 is 0 Å². The second-order valence-electron chi connectivity index (χ2n) is 11.9. The van der Waals surface area contributed by atoms with Crippen molar-refractivity contribution in [2.75, 3.05) is 0 Å². The summed E-state index contributed by atoms with van der Waals surface area (Å²) >= 11 is 0. The number of fused-ring (bicyclic) bond motifs is 1. The molecule has 8 nitrogen and oxygen atoms in total. The highest BCUT2D eigenvalue weighted by Crippen LogP contribution is 2.30. The number of hydrogen-bond donors (Lipinski definition) is 0. The van der Waals surface area contributed by atoms with E-state index in [9.17, 15) is 0 Å². The second-order valence-corrected chi connectivity index (χ2v) is 11.9. The van der Waals surface area contributed by atoms with Crippen LogP contribution in [-0.4, -0.2) is 30.0 Å². The summed E-state index contributed by atoms with van der Waals surface area (Å²) in [7, 11) is 0. The molecule has 44 heavy (non-hydrogen) atoms. The SMILES string of the molecule is Cc1ccc(C(C)C)c(OCc2cn(-c3cccc4c(-n5cc(COc6cc(C)ccc6C(C)C)nn5)cccc34)nn2)c1. The Labute approximate surface area is 258 Å². The number of benzene rings is 4. The Morgan fingerprint density at radius 2 is 1.02 bits per heavy atom. The molecule has 0 aliphatic rings. The molecular weight excluding hydrogens is 548 g/mol. The van der Waals surface area contributed by atoms with Crippen molar-refractivity contribution in [2.24, 2.45) is 0 Å². The van der Waals surface area contributed by atoms with Gasteiger partial charge in [-0.15, -0.1) is 10.2 Å². The Hall–Kier alpha value is -4.98. The predicted molar refractivity (Wildman–Crippen MR) is 173 cm³/mol. The normalized spacial score (nSPS) is 11.5. The lowest BCUT2D eigenvalue weighted by molar-refractivity contribution is 0.296. The third kappa shape index (κ3) is 6.06. The first kappa shape index (κ1) is 29.1. The lowest BCUT2D eigenvalue weighted by Crippen LogP contribution is -2.01. The lowest BCUT2D eigenvalue weighted by Gasteiger charge is -2.14. The van der Waals surface area contributed by atoms with Crippen LogP contribution >= 0.6 is 0 Å². The van der Waals surface area contributed by atoms with Gasteiger partial charge < -0.3 is 9.47 Å². The number of ether oxygens (including phenoxy) is 2. The van der Waals surface area contributed by atoms with Gasteiger partial charge in [0.05, 0.1) is 23.8 Å². The van der Waals surface area contributed by atoms with Gasteiger partial charge in [0, 0.05) is 10.8 Å². The molecule has 0 unspecified atom stereocenters. The maximum absolute atomic E-state index is 6.21. The number of rotatable bonds is 10. The van der Waals surface area contributed by atoms with Crippen LogP contribution in [0.2, 0.25) is 0 Å². The summed E-state index contributed by atoms with van der Waals surface area (Å²) in [5, 5.41) is 19.8. The monoisotopic (exact) mass is 586 g/mol. The molecule has 2 heterocycles. The second kappa shape index (κ2) is 12.3. The van der Waals surface area contributed by atoms with E-state index in [-0.39, 0.29) is 0 Å². The minimum atomic E-state index is 0.338. The van der Waals surface area contributed by atoms with Gasteiger partial charge in [-0.25, -0.2) is 9.36 Å². The molecule has 0 amide bonds. The fraction of sp³-hybridized carbons (Fsp3) is 0.278. The van der Waals surface area contributed by atoms with E-state index in [2.05, 4.69) is 111 Å². The van der Waals surface area contributed by atoms with Crippen LogP contribution in [0.4, 0.5) is 0 Å². The molecule has 6 aromatic rings. The minimum absolute atomic E-state index is 0.338. The van der Waals surface area contributed by atoms with Crippen LogP contribution in [0, 0.1) is 13.8 Å². The third-order valence-corrected chi connectivity index (χ3v) is 7.78. The van der Waals surface area contributed by atoms with Crippen molar-refractivity contribution in [2.45, 2.75) is 66.6 Å². The highest BCUT2D eigenvalue weighted by Gasteiger charge is 2.14. The van der Waals surface area contributed by atoms with Gasteiger partial charge >= 0.3 is 0 Å². The number of aryl methyl sites for hydroxylation is 2. The number of nitrogens with zero attached hydrogens (tertiary/aromatic N) is 6. The fourth-order valence-electron chi connectivity index (χ4n) is 5.43. The van der Waals surface area contributed by atoms with Gasteiger partial charge in [-0.3, -0.25) is 0 Å². The van der Waals surface area contributed by atoms with Crippen molar-refractivity contribution in [1.29, 1.82) is 0 Å². The zero-order valence-electron chi connectivity index (χ0n) is 26.2. The van der Waals surface area contributed by atoms with Crippen molar-refractivity contribution in [3.63, 3.8) is 0 Å². The molecule has 224 valence electrons. The first-order valence-corrected chi connectivity index (χ1v) is 15.1. The first-order chi connectivity index (χ1) is 21.3. The molecule has 0 aliphatic carbocycles. The average molecular weight is 587 g/mol. The summed E-state index contributed by atoms with van der Waals surface area (Å²) in [5.74, 6) is 2.51. The molecule has 0 fully saturated rings. The Balaban J connectivity index is 1.22. The predicted octanol–water partition coefficient (Wildman–Crippen LogP) is 8.02. The first-order valence-electron chi connectivity index (χ1n) is 15.1. The zero-order chi connectivity index (χ0) is 30.8. The van der Waals surface area contributed by atoms with Gasteiger partial charge in [-0.2, -0.15) is 0 Å². The molecule has 0 saturated carbocycles. The number of aromatic nitrogens is 6. The van der Waals surface area contributed by atoms with E-state index in [1.165, 1.54) is 11.1 Å². The minimum Gasteiger partial charge on any atom is -0.487 e. The summed E-state index contributed by atoms with van der Waals surface area (Å²) < 4.78 is 16.0. The van der Waals surface area contributed by atoms with Crippen molar-refractivity contribution < 1.29 is 9.47 Å². The van der Waals surface area contributed by atoms with Crippen LogP contribution in [0.5, 0.6) is 11.5 Å². The van der Waals surface area contributed by atoms with Gasteiger partial charge in [0.25, 0.3) is 0 Å². The van der Waals surface area contributed by atoms with Crippen molar-refractivity contribution in [3.8, 4) is 22.9 Å². The zero-order valence-corrected chi connectivity index (χ0v) is 26.2. The summed E-state index contributed by atoms with van der Waals surface area (Å²) in [6.45, 7) is 13.5. The van der Waals surface area contributed by atoms with Crippen LogP contribution in [0.3, 0.4) is 0 Å². The molecule has 0 spiro atoms. The molecule has 8 heteroatoms. The Bertz CT molecular complexity index is 1780. The highest BCUT2D eigenvalue weighted by molar-refractivity contribution is 5.95. The van der Waals surface area contributed by atoms with Gasteiger partial charge in [-0.1, -0.05) is 86.7 Å². The Kier molecular flexibility index (Phi) is 8.15. The molecule has 2 aromatic heterocycles. The van der Waals surface area contributed by atoms with E-state index in [1.54, 1.807) is 9.36 Å². The van der Waals surface area contributed by atoms with Crippen LogP contribution in [-0.2, 0) is 13.2 Å². The maximum atomic E-state index is 6.21. The van der Waals surface area contributed by atoms with Crippen molar-refractivity contribution in [3.05, 3.63) is 119 Å². The summed E-state index contributed by atoms with van der Waals surface area (Å²) in [5.41, 5.74) is 8.05. The van der Waals surface area contributed by atoms with Crippen LogP contribution < -0.4 is 9.47 Å². The van der Waals surface area contributed by atoms with E-state index in [0.717, 1.165) is 56.2 Å². The Morgan fingerprint density at radius 3 is 1.43 bits per heavy atom. The van der Waals surface area contributed by atoms with E-state index >= 15 is 0 Å². The topological polar surface area (TPSA) is 79.9 Å². The molecule has 0 N–H and O–H groups in total. The molecule has 0 aliphatic heterocycles. The molecule has 4 aromatic carbocycles. The quantitative estimate of drug-likeness (QED) is 0.162. The largest absolute Gasteiger partial charge is 0.487 e. The molecule has 0 bridgehead atoms. The van der Waals surface area contributed by atoms with Crippen molar-refractivity contribution >= 4 is 10.8 Å². The van der Waals surface area contributed by atoms with Crippen LogP contribution in [0.1, 0.15) is 73.2 Å². The Morgan fingerprint density at radius 1 is 0.591 bits per heavy atom. The average Bonchev–Trinajstić information content (AvgIpc) is 3.68. The fourth-order valence-corrected chi connectivity index (χ4v) is 5.43. The summed E-state index contributed by atoms with van der Waals surface area (Å²) in [6, 6.07) is 25.0. The van der Waals surface area contributed by atoms with E-state index in [4.69, 9.17) is 9.47 Å². The van der Waals surface area contributed by atoms with Gasteiger partial charge in [0.1, 0.15) is 36.1 Å². The molecule has 0 saturated heterocycles. The lowest BCUT2D eigenvalue weighted by atomic mass is 10.0. The maximum Gasteiger partial charge on any atom is 0.134 e. The van der Waals surface area contributed by atoms with Gasteiger partial charge in [0.2, 0.25) is 0 Å². The van der Waals surface area contributed by atoms with Gasteiger partial charge in [-0.05, 0) is 72.2 Å². The highest BCUT2D eigenvalue weighted by atomic mass is 16.5. The molecular formula is C36H38N6O2. The number of hydrogen-bond acceptors (Lipinski definition) is 6. The van der Waals surface area contributed by atoms with Crippen LogP contribution in [0.15, 0.2) is 85.2 Å². The third-order valence-electron chi connectivity index (χ3n) is 7.78. The molecule has 6 rings (SSSR count). The van der Waals surface area contributed by atoms with Crippen LogP contribution in [0.25, 0.3) is 22.1 Å². The molecule has 0 radical (unpaired) electrons. The summed E-state index contributed by atoms with van der Waals surface area (Å²) in [6.07, 6.45) is 3.85. The van der Waals surface area contributed by atoms with E-state index in [0.29, 0.717) is 25.0 Å². The summed E-state index contributed by atoms with van der Waals surface area (Å²) in [4.78, 5) is 0. The molecule has 0 atom stereocenters. The van der Waals surface area contributed by atoms with Gasteiger partial charge in [0.15, 0.2) is 0 Å². The smallest absolute Gasteiger partial charge is 0.134 e. The van der Waals surface area contributed by atoms with E-state index in [1.807, 2.05) is 36.7 Å². The van der Waals surface area contributed by atoms with Crippen molar-refractivity contribution in [1.82, 2.24) is 30.0 Å².